The van der Waals surface area contributed by atoms with Gasteiger partial charge in [0.2, 0.25) is 0 Å². The number of carbonyl (C=O) groups excluding carboxylic acids is 2. The molecular formula is C36H72O4Sn. The Morgan fingerprint density at radius 3 is 0.707 bits per heavy atom. The number of unbranched alkanes of at least 4 members (excludes halogenated alkanes) is 22. The second kappa shape index (κ2) is 52.4. The molecule has 0 spiro atoms. The predicted molar refractivity (Wildman–Crippen MR) is 178 cm³/mol. The molecule has 0 saturated carbocycles. The molecule has 0 aliphatic carbocycles. The standard InChI is InChI=1S/2C14H28O2.2C4H9.Sn/c2*1-2-3-4-5-6-7-8-9-10-11-12-13-14(15)16;2*1-3-4-2;/h2*2-13H2,1H3,(H,15,16);2*1,3-4H2,2H3;/q;;;;+2/p-2. The number of hydrogen-bond acceptors (Lipinski definition) is 4. The van der Waals surface area contributed by atoms with Crippen molar-refractivity contribution in [1.29, 1.82) is 0 Å². The fourth-order valence-corrected chi connectivity index (χ4v) is 3.87. The third-order valence-corrected chi connectivity index (χ3v) is 6.68. The Bertz CT molecular complexity index is 399. The summed E-state index contributed by atoms with van der Waals surface area (Å²) in [6.45, 7) is 15.9. The Kier molecular flexibility index (Phi) is 64.4. The second-order valence-electron chi connectivity index (χ2n) is 11.0. The van der Waals surface area contributed by atoms with Crippen LogP contribution >= 0.6 is 0 Å². The van der Waals surface area contributed by atoms with E-state index in [-0.39, 0.29) is 36.7 Å². The van der Waals surface area contributed by atoms with E-state index in [4.69, 9.17) is 0 Å². The van der Waals surface area contributed by atoms with Crippen LogP contribution in [-0.4, -0.2) is 35.8 Å². The van der Waals surface area contributed by atoms with Crippen LogP contribution in [0.15, 0.2) is 0 Å². The molecule has 0 aromatic heterocycles. The molecule has 0 unspecified atom stereocenters. The fraction of sp³-hybridized carbons (Fsp3) is 0.889. The number of hydrogen-bond donors (Lipinski definition) is 0. The molecule has 0 aliphatic rings. The summed E-state index contributed by atoms with van der Waals surface area (Å²) in [5.41, 5.74) is 0. The fourth-order valence-electron chi connectivity index (χ4n) is 3.87. The topological polar surface area (TPSA) is 80.3 Å². The van der Waals surface area contributed by atoms with E-state index in [1.165, 1.54) is 128 Å². The molecule has 0 heterocycles. The maximum Gasteiger partial charge on any atom is 2.00 e. The normalized spacial score (nSPS) is 9.71. The Morgan fingerprint density at radius 2 is 0.561 bits per heavy atom. The SMILES string of the molecule is CCCCCCCCCCCCCC(=O)[O-].CCCCCCCCCCCCCC(=O)[O-].[CH2]CCC.[CH2]CCC.[Sn+2]. The van der Waals surface area contributed by atoms with E-state index >= 15 is 0 Å². The molecule has 0 saturated heterocycles. The van der Waals surface area contributed by atoms with Crippen LogP contribution < -0.4 is 10.2 Å². The molecule has 0 aromatic rings. The minimum absolute atomic E-state index is 0. The summed E-state index contributed by atoms with van der Waals surface area (Å²) in [4.78, 5) is 20.3. The average molecular weight is 688 g/mol. The van der Waals surface area contributed by atoms with Gasteiger partial charge in [-0.05, 0) is 25.7 Å². The largest absolute Gasteiger partial charge is 2.00 e. The van der Waals surface area contributed by atoms with Crippen LogP contribution in [0.5, 0.6) is 0 Å². The first-order valence-corrected chi connectivity index (χ1v) is 17.4. The van der Waals surface area contributed by atoms with Crippen LogP contribution in [0.4, 0.5) is 0 Å². The van der Waals surface area contributed by atoms with Crippen LogP contribution in [0, 0.1) is 13.8 Å². The van der Waals surface area contributed by atoms with Gasteiger partial charge in [0.05, 0.1) is 0 Å². The van der Waals surface area contributed by atoms with Crippen LogP contribution in [0.2, 0.25) is 0 Å². The van der Waals surface area contributed by atoms with Gasteiger partial charge in [-0.15, -0.1) is 0 Å². The molecule has 0 atom stereocenters. The third-order valence-electron chi connectivity index (χ3n) is 6.68. The van der Waals surface area contributed by atoms with E-state index in [0.29, 0.717) is 0 Å². The Balaban J connectivity index is -0.000000163. The van der Waals surface area contributed by atoms with Gasteiger partial charge >= 0.3 is 23.9 Å². The van der Waals surface area contributed by atoms with Gasteiger partial charge in [0.1, 0.15) is 0 Å². The van der Waals surface area contributed by atoms with Gasteiger partial charge in [0, 0.05) is 11.9 Å². The Hall–Kier alpha value is -0.261. The maximum absolute atomic E-state index is 10.1. The molecule has 4 radical (unpaired) electrons. The van der Waals surface area contributed by atoms with E-state index in [0.717, 1.165) is 38.5 Å². The van der Waals surface area contributed by atoms with E-state index in [1.54, 1.807) is 0 Å². The van der Waals surface area contributed by atoms with Crippen molar-refractivity contribution in [3.8, 4) is 0 Å². The molecule has 0 aromatic carbocycles. The van der Waals surface area contributed by atoms with Gasteiger partial charge in [0.25, 0.3) is 0 Å². The molecule has 0 fully saturated rings. The summed E-state index contributed by atoms with van der Waals surface area (Å²) in [5.74, 6) is -1.81. The zero-order chi connectivity index (χ0) is 31.0. The zero-order valence-corrected chi connectivity index (χ0v) is 31.2. The molecule has 0 aliphatic heterocycles. The molecule has 4 nitrogen and oxygen atoms in total. The van der Waals surface area contributed by atoms with E-state index in [1.807, 2.05) is 0 Å². The molecule has 0 amide bonds. The molecule has 5 heteroatoms. The minimum atomic E-state index is -0.907. The first-order chi connectivity index (χ1) is 19.4. The number of carboxylic acid groups (broad SMARTS) is 2. The van der Waals surface area contributed by atoms with E-state index < -0.39 is 11.9 Å². The van der Waals surface area contributed by atoms with Gasteiger partial charge in [-0.25, -0.2) is 0 Å². The number of carbonyl (C=O) groups is 2. The Morgan fingerprint density at radius 1 is 0.390 bits per heavy atom. The number of carboxylic acids is 2. The zero-order valence-electron chi connectivity index (χ0n) is 28.3. The maximum atomic E-state index is 10.1. The quantitative estimate of drug-likeness (QED) is 0.0670. The van der Waals surface area contributed by atoms with Crippen molar-refractivity contribution >= 4 is 35.8 Å². The van der Waals surface area contributed by atoms with Crippen molar-refractivity contribution in [2.75, 3.05) is 0 Å². The summed E-state index contributed by atoms with van der Waals surface area (Å²) in [6, 6.07) is 0. The molecular weight excluding hydrogens is 615 g/mol. The van der Waals surface area contributed by atoms with E-state index in [9.17, 15) is 19.8 Å². The van der Waals surface area contributed by atoms with Crippen LogP contribution in [0.3, 0.4) is 0 Å². The van der Waals surface area contributed by atoms with Gasteiger partial charge in [-0.3, -0.25) is 0 Å². The van der Waals surface area contributed by atoms with E-state index in [2.05, 4.69) is 41.5 Å². The number of rotatable bonds is 26. The first kappa shape index (κ1) is 50.4. The molecule has 0 N–H and O–H groups in total. The van der Waals surface area contributed by atoms with Crippen LogP contribution in [0.1, 0.15) is 207 Å². The smallest absolute Gasteiger partial charge is 0.550 e. The van der Waals surface area contributed by atoms with Gasteiger partial charge in [0.15, 0.2) is 0 Å². The van der Waals surface area contributed by atoms with Crippen molar-refractivity contribution in [3.05, 3.63) is 13.8 Å². The van der Waals surface area contributed by atoms with Gasteiger partial charge in [-0.2, -0.15) is 0 Å². The molecule has 0 rings (SSSR count). The van der Waals surface area contributed by atoms with Crippen molar-refractivity contribution in [2.24, 2.45) is 0 Å². The van der Waals surface area contributed by atoms with Crippen molar-refractivity contribution in [2.45, 2.75) is 207 Å². The average Bonchev–Trinajstić information content (AvgIpc) is 2.95. The number of aliphatic carboxylic acids is 2. The Labute approximate surface area is 276 Å². The van der Waals surface area contributed by atoms with Crippen LogP contribution in [0.25, 0.3) is 0 Å². The summed E-state index contributed by atoms with van der Waals surface area (Å²) in [6.07, 6.45) is 32.6. The molecule has 41 heavy (non-hydrogen) atoms. The first-order valence-electron chi connectivity index (χ1n) is 17.4. The third kappa shape index (κ3) is 73.6. The van der Waals surface area contributed by atoms with Gasteiger partial charge in [-0.1, -0.05) is 196 Å². The summed E-state index contributed by atoms with van der Waals surface area (Å²) < 4.78 is 0. The summed E-state index contributed by atoms with van der Waals surface area (Å²) >= 11 is 0. The van der Waals surface area contributed by atoms with Crippen molar-refractivity contribution in [3.63, 3.8) is 0 Å². The van der Waals surface area contributed by atoms with Gasteiger partial charge < -0.3 is 19.8 Å². The van der Waals surface area contributed by atoms with Crippen LogP contribution in [-0.2, 0) is 9.59 Å². The second-order valence-corrected chi connectivity index (χ2v) is 11.0. The predicted octanol–water partition coefficient (Wildman–Crippen LogP) is 9.74. The summed E-state index contributed by atoms with van der Waals surface area (Å²) in [7, 11) is 0. The summed E-state index contributed by atoms with van der Waals surface area (Å²) in [5, 5.41) is 20.3. The monoisotopic (exact) mass is 688 g/mol. The molecule has 0 bridgehead atoms. The van der Waals surface area contributed by atoms with Crippen molar-refractivity contribution in [1.82, 2.24) is 0 Å². The molecule has 244 valence electrons. The van der Waals surface area contributed by atoms with Crippen molar-refractivity contribution < 1.29 is 19.8 Å². The minimum Gasteiger partial charge on any atom is -0.550 e.